The quantitative estimate of drug-likeness (QED) is 0.404. The Hall–Kier alpha value is -4.18. The number of fused-ring (bicyclic) bond motifs is 1. The molecule has 0 fully saturated rings. The molecule has 0 unspecified atom stereocenters. The molecular formula is C27H20N2O2. The molecule has 0 amide bonds. The molecule has 0 spiro atoms. The van der Waals surface area contributed by atoms with Gasteiger partial charge < -0.3 is 9.72 Å². The van der Waals surface area contributed by atoms with E-state index in [0.717, 1.165) is 39.3 Å². The number of ether oxygens (including phenoxy) is 1. The van der Waals surface area contributed by atoms with Gasteiger partial charge in [-0.2, -0.15) is 0 Å². The summed E-state index contributed by atoms with van der Waals surface area (Å²) in [6.45, 7) is 0. The third-order valence-electron chi connectivity index (χ3n) is 5.40. The zero-order valence-corrected chi connectivity index (χ0v) is 17.0. The first-order chi connectivity index (χ1) is 15.2. The third-order valence-corrected chi connectivity index (χ3v) is 5.40. The molecule has 4 nitrogen and oxygen atoms in total. The molecule has 150 valence electrons. The summed E-state index contributed by atoms with van der Waals surface area (Å²) >= 11 is 0. The highest BCUT2D eigenvalue weighted by Crippen LogP contribution is 2.35. The van der Waals surface area contributed by atoms with Crippen LogP contribution < -0.4 is 10.3 Å². The van der Waals surface area contributed by atoms with Gasteiger partial charge in [-0.05, 0) is 29.3 Å². The van der Waals surface area contributed by atoms with Gasteiger partial charge in [0.05, 0.1) is 23.7 Å². The van der Waals surface area contributed by atoms with Crippen molar-refractivity contribution in [1.82, 2.24) is 9.97 Å². The van der Waals surface area contributed by atoms with Crippen molar-refractivity contribution in [3.05, 3.63) is 108 Å². The molecule has 0 aliphatic heterocycles. The average molecular weight is 404 g/mol. The number of aromatic amines is 1. The smallest absolute Gasteiger partial charge is 0.257 e. The van der Waals surface area contributed by atoms with E-state index in [4.69, 9.17) is 9.72 Å². The lowest BCUT2D eigenvalue weighted by atomic mass is 9.96. The highest BCUT2D eigenvalue weighted by Gasteiger charge is 2.16. The molecular weight excluding hydrogens is 384 g/mol. The van der Waals surface area contributed by atoms with Crippen LogP contribution in [0.2, 0.25) is 0 Å². The minimum Gasteiger partial charge on any atom is -0.497 e. The summed E-state index contributed by atoms with van der Waals surface area (Å²) in [5.41, 5.74) is 6.14. The second kappa shape index (κ2) is 7.92. The maximum absolute atomic E-state index is 12.8. The molecule has 31 heavy (non-hydrogen) atoms. The van der Waals surface area contributed by atoms with Gasteiger partial charge in [-0.15, -0.1) is 0 Å². The molecule has 0 aliphatic carbocycles. The van der Waals surface area contributed by atoms with E-state index in [1.54, 1.807) is 13.3 Å². The monoisotopic (exact) mass is 404 g/mol. The zero-order valence-electron chi connectivity index (χ0n) is 17.0. The third kappa shape index (κ3) is 3.49. The maximum atomic E-state index is 12.8. The van der Waals surface area contributed by atoms with Gasteiger partial charge in [-0.3, -0.25) is 4.79 Å². The van der Waals surface area contributed by atoms with Crippen molar-refractivity contribution in [2.75, 3.05) is 7.11 Å². The molecule has 0 radical (unpaired) electrons. The highest BCUT2D eigenvalue weighted by molar-refractivity contribution is 5.98. The minimum atomic E-state index is -0.156. The van der Waals surface area contributed by atoms with E-state index in [0.29, 0.717) is 10.9 Å². The topological polar surface area (TPSA) is 55.0 Å². The summed E-state index contributed by atoms with van der Waals surface area (Å²) in [4.78, 5) is 20.7. The van der Waals surface area contributed by atoms with E-state index in [-0.39, 0.29) is 5.56 Å². The van der Waals surface area contributed by atoms with Crippen molar-refractivity contribution >= 4 is 10.9 Å². The van der Waals surface area contributed by atoms with Gasteiger partial charge in [-0.25, -0.2) is 4.98 Å². The van der Waals surface area contributed by atoms with Crippen LogP contribution in [0.15, 0.2) is 102 Å². The van der Waals surface area contributed by atoms with Crippen LogP contribution in [-0.2, 0) is 0 Å². The summed E-state index contributed by atoms with van der Waals surface area (Å²) in [5.74, 6) is 0.779. The number of nitrogens with one attached hydrogen (secondary N) is 1. The van der Waals surface area contributed by atoms with Crippen LogP contribution in [0, 0.1) is 0 Å². The Morgan fingerprint density at radius 1 is 0.742 bits per heavy atom. The van der Waals surface area contributed by atoms with E-state index < -0.39 is 0 Å². The Kier molecular flexibility index (Phi) is 4.81. The van der Waals surface area contributed by atoms with Gasteiger partial charge in [0.2, 0.25) is 0 Å². The van der Waals surface area contributed by atoms with Crippen molar-refractivity contribution < 1.29 is 4.74 Å². The second-order valence-electron chi connectivity index (χ2n) is 7.27. The van der Waals surface area contributed by atoms with Crippen LogP contribution in [0.5, 0.6) is 5.75 Å². The first-order valence-electron chi connectivity index (χ1n) is 10.1. The Morgan fingerprint density at radius 3 is 2.00 bits per heavy atom. The average Bonchev–Trinajstić information content (AvgIpc) is 2.85. The van der Waals surface area contributed by atoms with E-state index >= 15 is 0 Å². The van der Waals surface area contributed by atoms with Crippen LogP contribution in [0.3, 0.4) is 0 Å². The lowest BCUT2D eigenvalue weighted by Gasteiger charge is -2.13. The SMILES string of the molecule is COc1ccc(-c2c[nH]c(=O)c3cc(-c4ccccc4)c(-c4ccccc4)nc23)cc1. The number of rotatable bonds is 4. The number of hydrogen-bond acceptors (Lipinski definition) is 3. The number of methoxy groups -OCH3 is 1. The molecule has 5 rings (SSSR count). The number of pyridine rings is 2. The van der Waals surface area contributed by atoms with Crippen LogP contribution in [0.4, 0.5) is 0 Å². The Morgan fingerprint density at radius 2 is 1.35 bits per heavy atom. The molecule has 0 bridgehead atoms. The van der Waals surface area contributed by atoms with Crippen LogP contribution in [0.25, 0.3) is 44.4 Å². The first kappa shape index (κ1) is 18.8. The Labute approximate surface area is 179 Å². The summed E-state index contributed by atoms with van der Waals surface area (Å²) in [7, 11) is 1.64. The summed E-state index contributed by atoms with van der Waals surface area (Å²) in [6, 6.07) is 29.8. The van der Waals surface area contributed by atoms with Crippen molar-refractivity contribution in [2.45, 2.75) is 0 Å². The fourth-order valence-corrected chi connectivity index (χ4v) is 3.82. The first-order valence-corrected chi connectivity index (χ1v) is 10.1. The van der Waals surface area contributed by atoms with Gasteiger partial charge in [0.15, 0.2) is 0 Å². The van der Waals surface area contributed by atoms with Crippen molar-refractivity contribution in [1.29, 1.82) is 0 Å². The van der Waals surface area contributed by atoms with E-state index in [2.05, 4.69) is 4.98 Å². The summed E-state index contributed by atoms with van der Waals surface area (Å²) in [6.07, 6.45) is 1.73. The molecule has 4 heteroatoms. The molecule has 2 heterocycles. The molecule has 0 atom stereocenters. The predicted octanol–water partition coefficient (Wildman–Crippen LogP) is 5.93. The Bertz CT molecular complexity index is 1410. The number of nitrogens with zero attached hydrogens (tertiary/aromatic N) is 1. The number of hydrogen-bond donors (Lipinski definition) is 1. The molecule has 2 aromatic heterocycles. The highest BCUT2D eigenvalue weighted by atomic mass is 16.5. The fourth-order valence-electron chi connectivity index (χ4n) is 3.82. The molecule has 3 aromatic carbocycles. The van der Waals surface area contributed by atoms with Crippen molar-refractivity contribution in [3.63, 3.8) is 0 Å². The van der Waals surface area contributed by atoms with E-state index in [1.807, 2.05) is 91.0 Å². The van der Waals surface area contributed by atoms with Gasteiger partial charge in [0.25, 0.3) is 5.56 Å². The maximum Gasteiger partial charge on any atom is 0.257 e. The zero-order chi connectivity index (χ0) is 21.2. The van der Waals surface area contributed by atoms with E-state index in [1.165, 1.54) is 0 Å². The largest absolute Gasteiger partial charge is 0.497 e. The van der Waals surface area contributed by atoms with Gasteiger partial charge in [0.1, 0.15) is 5.75 Å². The van der Waals surface area contributed by atoms with Crippen LogP contribution >= 0.6 is 0 Å². The second-order valence-corrected chi connectivity index (χ2v) is 7.27. The fraction of sp³-hybridized carbons (Fsp3) is 0.0370. The lowest BCUT2D eigenvalue weighted by Crippen LogP contribution is -2.08. The molecule has 5 aromatic rings. The lowest BCUT2D eigenvalue weighted by molar-refractivity contribution is 0.415. The van der Waals surface area contributed by atoms with E-state index in [9.17, 15) is 4.79 Å². The van der Waals surface area contributed by atoms with Gasteiger partial charge >= 0.3 is 0 Å². The van der Waals surface area contributed by atoms with Crippen LogP contribution in [0.1, 0.15) is 0 Å². The van der Waals surface area contributed by atoms with Crippen molar-refractivity contribution in [2.24, 2.45) is 0 Å². The number of aromatic nitrogens is 2. The summed E-state index contributed by atoms with van der Waals surface area (Å²) < 4.78 is 5.28. The molecule has 0 saturated carbocycles. The number of H-pyrrole nitrogens is 1. The van der Waals surface area contributed by atoms with Gasteiger partial charge in [-0.1, -0.05) is 72.8 Å². The normalized spacial score (nSPS) is 10.9. The standard InChI is InChI=1S/C27H20N2O2/c1-31-21-14-12-19(13-15-21)24-17-28-27(30)23-16-22(18-8-4-2-5-9-18)25(29-26(23)24)20-10-6-3-7-11-20/h2-17H,1H3,(H,28,30). The van der Waals surface area contributed by atoms with Gasteiger partial charge in [0, 0.05) is 22.9 Å². The number of benzene rings is 3. The molecule has 0 aliphatic rings. The predicted molar refractivity (Wildman–Crippen MR) is 125 cm³/mol. The summed E-state index contributed by atoms with van der Waals surface area (Å²) in [5, 5.41) is 0.562. The molecule has 0 saturated heterocycles. The molecule has 1 N–H and O–H groups in total. The van der Waals surface area contributed by atoms with Crippen molar-refractivity contribution in [3.8, 4) is 39.3 Å². The Balaban J connectivity index is 1.83. The minimum absolute atomic E-state index is 0.156. The van der Waals surface area contributed by atoms with Crippen LogP contribution in [-0.4, -0.2) is 17.1 Å².